The second-order valence-electron chi connectivity index (χ2n) is 8.43. The fourth-order valence-corrected chi connectivity index (χ4v) is 4.06. The minimum Gasteiger partial charge on any atom is -0.493 e. The SMILES string of the molecule is CCCCOc1c(C)c(COc2ccn(CC3CCOCC3)c(=O)c2)nc2ccccc12. The van der Waals surface area contributed by atoms with Gasteiger partial charge in [0.2, 0.25) is 0 Å². The van der Waals surface area contributed by atoms with Crippen molar-refractivity contribution >= 4 is 10.9 Å². The monoisotopic (exact) mass is 436 g/mol. The Bertz CT molecular complexity index is 1100. The number of ether oxygens (including phenoxy) is 3. The van der Waals surface area contributed by atoms with E-state index in [0.717, 1.165) is 73.4 Å². The van der Waals surface area contributed by atoms with Gasteiger partial charge in [0.1, 0.15) is 18.1 Å². The Morgan fingerprint density at radius 2 is 1.97 bits per heavy atom. The van der Waals surface area contributed by atoms with Crippen LogP contribution in [0.2, 0.25) is 0 Å². The van der Waals surface area contributed by atoms with Crippen molar-refractivity contribution in [3.63, 3.8) is 0 Å². The maximum atomic E-state index is 12.6. The van der Waals surface area contributed by atoms with Gasteiger partial charge in [0.15, 0.2) is 0 Å². The van der Waals surface area contributed by atoms with E-state index in [1.807, 2.05) is 43.5 Å². The van der Waals surface area contributed by atoms with E-state index in [2.05, 4.69) is 6.92 Å². The molecule has 0 saturated carbocycles. The van der Waals surface area contributed by atoms with Gasteiger partial charge < -0.3 is 18.8 Å². The van der Waals surface area contributed by atoms with Crippen molar-refractivity contribution in [3.05, 3.63) is 64.2 Å². The lowest BCUT2D eigenvalue weighted by Gasteiger charge is -2.22. The molecule has 32 heavy (non-hydrogen) atoms. The maximum Gasteiger partial charge on any atom is 0.254 e. The number of aromatic nitrogens is 2. The van der Waals surface area contributed by atoms with Crippen molar-refractivity contribution in [2.75, 3.05) is 19.8 Å². The second-order valence-corrected chi connectivity index (χ2v) is 8.43. The topological polar surface area (TPSA) is 62.6 Å². The zero-order chi connectivity index (χ0) is 22.3. The first-order valence-electron chi connectivity index (χ1n) is 11.6. The third-order valence-corrected chi connectivity index (χ3v) is 6.06. The molecule has 1 aromatic carbocycles. The van der Waals surface area contributed by atoms with Crippen LogP contribution < -0.4 is 15.0 Å². The largest absolute Gasteiger partial charge is 0.493 e. The summed E-state index contributed by atoms with van der Waals surface area (Å²) in [5.41, 5.74) is 2.64. The highest BCUT2D eigenvalue weighted by Gasteiger charge is 2.16. The highest BCUT2D eigenvalue weighted by Crippen LogP contribution is 2.31. The van der Waals surface area contributed by atoms with Crippen molar-refractivity contribution in [2.45, 2.75) is 52.7 Å². The van der Waals surface area contributed by atoms with Crippen LogP contribution in [0.4, 0.5) is 0 Å². The summed E-state index contributed by atoms with van der Waals surface area (Å²) < 4.78 is 19.3. The number of rotatable bonds is 9. The number of hydrogen-bond acceptors (Lipinski definition) is 5. The Balaban J connectivity index is 1.49. The molecule has 170 valence electrons. The molecule has 0 aliphatic carbocycles. The number of pyridine rings is 2. The van der Waals surface area contributed by atoms with Gasteiger partial charge >= 0.3 is 0 Å². The molecule has 0 radical (unpaired) electrons. The van der Waals surface area contributed by atoms with Crippen LogP contribution >= 0.6 is 0 Å². The number of para-hydroxylation sites is 1. The molecular formula is C26H32N2O4. The smallest absolute Gasteiger partial charge is 0.254 e. The molecule has 0 atom stereocenters. The molecule has 1 aliphatic heterocycles. The third kappa shape index (κ3) is 5.30. The Morgan fingerprint density at radius 1 is 1.16 bits per heavy atom. The van der Waals surface area contributed by atoms with Crippen molar-refractivity contribution in [2.24, 2.45) is 5.92 Å². The number of hydrogen-bond donors (Lipinski definition) is 0. The van der Waals surface area contributed by atoms with Gasteiger partial charge in [0.25, 0.3) is 5.56 Å². The van der Waals surface area contributed by atoms with E-state index >= 15 is 0 Å². The molecule has 0 spiro atoms. The van der Waals surface area contributed by atoms with Crippen LogP contribution in [0.15, 0.2) is 47.4 Å². The van der Waals surface area contributed by atoms with Crippen LogP contribution in [0, 0.1) is 12.8 Å². The van der Waals surface area contributed by atoms with E-state index in [-0.39, 0.29) is 12.2 Å². The molecule has 1 saturated heterocycles. The number of unbranched alkanes of at least 4 members (excludes halogenated alkanes) is 1. The number of nitrogens with zero attached hydrogens (tertiary/aromatic N) is 2. The maximum absolute atomic E-state index is 12.6. The van der Waals surface area contributed by atoms with Gasteiger partial charge in [-0.2, -0.15) is 0 Å². The zero-order valence-electron chi connectivity index (χ0n) is 19.0. The van der Waals surface area contributed by atoms with Gasteiger partial charge in [0, 0.05) is 43.0 Å². The van der Waals surface area contributed by atoms with E-state index in [4.69, 9.17) is 19.2 Å². The van der Waals surface area contributed by atoms with Crippen molar-refractivity contribution in [1.29, 1.82) is 0 Å². The Morgan fingerprint density at radius 3 is 2.75 bits per heavy atom. The molecule has 0 bridgehead atoms. The molecule has 6 nitrogen and oxygen atoms in total. The average molecular weight is 437 g/mol. The molecule has 0 unspecified atom stereocenters. The lowest BCUT2D eigenvalue weighted by atomic mass is 10.0. The van der Waals surface area contributed by atoms with Gasteiger partial charge in [-0.25, -0.2) is 4.98 Å². The van der Waals surface area contributed by atoms with Gasteiger partial charge in [-0.05, 0) is 50.3 Å². The molecule has 0 amide bonds. The van der Waals surface area contributed by atoms with Crippen molar-refractivity contribution in [1.82, 2.24) is 9.55 Å². The predicted octanol–water partition coefficient (Wildman–Crippen LogP) is 4.89. The summed E-state index contributed by atoms with van der Waals surface area (Å²) >= 11 is 0. The van der Waals surface area contributed by atoms with Crippen LogP contribution in [-0.2, 0) is 17.9 Å². The normalized spacial score (nSPS) is 14.6. The van der Waals surface area contributed by atoms with E-state index in [0.29, 0.717) is 18.3 Å². The Labute approximate surface area is 189 Å². The lowest BCUT2D eigenvalue weighted by molar-refractivity contribution is 0.0609. The van der Waals surface area contributed by atoms with Gasteiger partial charge in [-0.15, -0.1) is 0 Å². The highest BCUT2D eigenvalue weighted by molar-refractivity contribution is 5.86. The third-order valence-electron chi connectivity index (χ3n) is 6.06. The van der Waals surface area contributed by atoms with Crippen LogP contribution in [-0.4, -0.2) is 29.4 Å². The first-order valence-corrected chi connectivity index (χ1v) is 11.6. The molecule has 0 N–H and O–H groups in total. The zero-order valence-corrected chi connectivity index (χ0v) is 19.0. The summed E-state index contributed by atoms with van der Waals surface area (Å²) in [6.45, 7) is 7.42. The fraction of sp³-hybridized carbons (Fsp3) is 0.462. The van der Waals surface area contributed by atoms with E-state index in [9.17, 15) is 4.79 Å². The predicted molar refractivity (Wildman–Crippen MR) is 125 cm³/mol. The standard InChI is InChI=1S/C26H32N2O4/c1-3-4-13-31-26-19(2)24(27-23-8-6-5-7-22(23)26)18-32-21-9-12-28(25(29)16-21)17-20-10-14-30-15-11-20/h5-9,12,16,20H,3-4,10-11,13-15,17-18H2,1-2H3. The minimum atomic E-state index is -0.0410. The summed E-state index contributed by atoms with van der Waals surface area (Å²) in [4.78, 5) is 17.4. The molecule has 2 aromatic heterocycles. The minimum absolute atomic E-state index is 0.0410. The second kappa shape index (κ2) is 10.6. The van der Waals surface area contributed by atoms with E-state index < -0.39 is 0 Å². The van der Waals surface area contributed by atoms with Crippen LogP contribution in [0.5, 0.6) is 11.5 Å². The number of fused-ring (bicyclic) bond motifs is 1. The summed E-state index contributed by atoms with van der Waals surface area (Å²) in [7, 11) is 0. The molecule has 6 heteroatoms. The summed E-state index contributed by atoms with van der Waals surface area (Å²) in [6.07, 6.45) is 5.91. The fourth-order valence-electron chi connectivity index (χ4n) is 4.06. The van der Waals surface area contributed by atoms with Gasteiger partial charge in [-0.1, -0.05) is 25.5 Å². The summed E-state index contributed by atoms with van der Waals surface area (Å²) in [5.74, 6) is 1.92. The quantitative estimate of drug-likeness (QED) is 0.447. The highest BCUT2D eigenvalue weighted by atomic mass is 16.5. The molecule has 3 aromatic rings. The molecule has 1 fully saturated rings. The number of benzene rings is 1. The van der Waals surface area contributed by atoms with E-state index in [1.54, 1.807) is 10.6 Å². The lowest BCUT2D eigenvalue weighted by Crippen LogP contribution is -2.26. The first-order chi connectivity index (χ1) is 15.7. The van der Waals surface area contributed by atoms with Crippen LogP contribution in [0.25, 0.3) is 10.9 Å². The van der Waals surface area contributed by atoms with E-state index in [1.165, 1.54) is 0 Å². The summed E-state index contributed by atoms with van der Waals surface area (Å²) in [6, 6.07) is 11.4. The van der Waals surface area contributed by atoms with Gasteiger partial charge in [-0.3, -0.25) is 4.79 Å². The molecule has 1 aliphatic rings. The van der Waals surface area contributed by atoms with Crippen LogP contribution in [0.3, 0.4) is 0 Å². The van der Waals surface area contributed by atoms with Crippen LogP contribution in [0.1, 0.15) is 43.9 Å². The Hall–Kier alpha value is -2.86. The molecule has 3 heterocycles. The molecular weight excluding hydrogens is 404 g/mol. The van der Waals surface area contributed by atoms with Gasteiger partial charge in [0.05, 0.1) is 17.8 Å². The molecule has 4 rings (SSSR count). The van der Waals surface area contributed by atoms with Crippen molar-refractivity contribution in [3.8, 4) is 11.5 Å². The average Bonchev–Trinajstić information content (AvgIpc) is 2.82. The first kappa shape index (κ1) is 22.3. The summed E-state index contributed by atoms with van der Waals surface area (Å²) in [5, 5.41) is 1.01. The van der Waals surface area contributed by atoms with Crippen molar-refractivity contribution < 1.29 is 14.2 Å². The Kier molecular flexibility index (Phi) is 7.43.